The van der Waals surface area contributed by atoms with E-state index in [1.807, 2.05) is 6.92 Å². The molecule has 0 saturated heterocycles. The standard InChI is InChI=1S/C12H24F3N3O.ClH/c1-4-6-11(2,16)10(19)17-7-5-8-18(3)9-12(13,14)15;/h4-9,16H2,1-3H3,(H,17,19);1H. The van der Waals surface area contributed by atoms with Crippen molar-refractivity contribution in [2.45, 2.75) is 44.8 Å². The van der Waals surface area contributed by atoms with Gasteiger partial charge in [0.05, 0.1) is 12.1 Å². The maximum absolute atomic E-state index is 12.1. The van der Waals surface area contributed by atoms with Crippen molar-refractivity contribution in [1.29, 1.82) is 0 Å². The summed E-state index contributed by atoms with van der Waals surface area (Å²) in [7, 11) is 1.40. The zero-order valence-corrected chi connectivity index (χ0v) is 13.0. The van der Waals surface area contributed by atoms with Gasteiger partial charge in [-0.25, -0.2) is 0 Å². The molecule has 0 saturated carbocycles. The maximum atomic E-state index is 12.1. The number of hydrogen-bond acceptors (Lipinski definition) is 3. The van der Waals surface area contributed by atoms with Gasteiger partial charge in [0.1, 0.15) is 0 Å². The second-order valence-corrected chi connectivity index (χ2v) is 5.13. The van der Waals surface area contributed by atoms with Gasteiger partial charge in [-0.05, 0) is 33.4 Å². The van der Waals surface area contributed by atoms with Crippen molar-refractivity contribution >= 4 is 18.3 Å². The molecule has 0 aromatic heterocycles. The fraction of sp³-hybridized carbons (Fsp3) is 0.917. The van der Waals surface area contributed by atoms with Gasteiger partial charge in [0.15, 0.2) is 0 Å². The first kappa shape index (κ1) is 21.8. The predicted octanol–water partition coefficient (Wildman–Crippen LogP) is 1.93. The molecular weight excluding hydrogens is 295 g/mol. The molecule has 3 N–H and O–H groups in total. The lowest BCUT2D eigenvalue weighted by Crippen LogP contribution is -2.51. The van der Waals surface area contributed by atoms with Gasteiger partial charge >= 0.3 is 6.18 Å². The van der Waals surface area contributed by atoms with Crippen LogP contribution >= 0.6 is 12.4 Å². The first-order valence-electron chi connectivity index (χ1n) is 6.41. The van der Waals surface area contributed by atoms with Gasteiger partial charge in [0.2, 0.25) is 5.91 Å². The Hall–Kier alpha value is -0.530. The molecule has 4 nitrogen and oxygen atoms in total. The predicted molar refractivity (Wildman–Crippen MR) is 75.9 cm³/mol. The molecule has 0 aromatic carbocycles. The molecule has 0 aliphatic heterocycles. The number of rotatable bonds is 8. The Balaban J connectivity index is 0. The second kappa shape index (κ2) is 9.41. The van der Waals surface area contributed by atoms with Crippen LogP contribution in [0.25, 0.3) is 0 Å². The number of nitrogens with two attached hydrogens (primary N) is 1. The molecule has 122 valence electrons. The molecule has 0 spiro atoms. The summed E-state index contributed by atoms with van der Waals surface area (Å²) in [5.41, 5.74) is 4.91. The van der Waals surface area contributed by atoms with Crippen molar-refractivity contribution in [2.75, 3.05) is 26.7 Å². The minimum atomic E-state index is -4.19. The zero-order valence-electron chi connectivity index (χ0n) is 12.2. The van der Waals surface area contributed by atoms with Crippen molar-refractivity contribution in [1.82, 2.24) is 10.2 Å². The van der Waals surface area contributed by atoms with Gasteiger partial charge in [-0.1, -0.05) is 13.3 Å². The fourth-order valence-electron chi connectivity index (χ4n) is 1.77. The van der Waals surface area contributed by atoms with E-state index in [9.17, 15) is 18.0 Å². The summed E-state index contributed by atoms with van der Waals surface area (Å²) < 4.78 is 36.2. The molecule has 0 heterocycles. The number of amides is 1. The van der Waals surface area contributed by atoms with Crippen molar-refractivity contribution < 1.29 is 18.0 Å². The van der Waals surface area contributed by atoms with E-state index in [0.29, 0.717) is 19.4 Å². The summed E-state index contributed by atoms with van der Waals surface area (Å²) in [4.78, 5) is 12.9. The Bertz CT molecular complexity index is 286. The normalized spacial score (nSPS) is 14.6. The number of halogens is 4. The topological polar surface area (TPSA) is 58.4 Å². The Morgan fingerprint density at radius 2 is 1.90 bits per heavy atom. The average molecular weight is 320 g/mol. The summed E-state index contributed by atoms with van der Waals surface area (Å²) in [6.45, 7) is 3.25. The van der Waals surface area contributed by atoms with Gasteiger partial charge in [0.25, 0.3) is 0 Å². The molecule has 0 rings (SSSR count). The van der Waals surface area contributed by atoms with Crippen LogP contribution in [0.5, 0.6) is 0 Å². The van der Waals surface area contributed by atoms with E-state index >= 15 is 0 Å². The van der Waals surface area contributed by atoms with Crippen molar-refractivity contribution in [2.24, 2.45) is 5.73 Å². The fourth-order valence-corrected chi connectivity index (χ4v) is 1.77. The smallest absolute Gasteiger partial charge is 0.354 e. The molecule has 0 radical (unpaired) electrons. The van der Waals surface area contributed by atoms with Crippen LogP contribution in [-0.2, 0) is 4.79 Å². The molecule has 0 aromatic rings. The van der Waals surface area contributed by atoms with E-state index in [4.69, 9.17) is 5.73 Å². The third-order valence-electron chi connectivity index (χ3n) is 2.74. The first-order valence-corrected chi connectivity index (χ1v) is 6.41. The van der Waals surface area contributed by atoms with Crippen molar-refractivity contribution in [3.05, 3.63) is 0 Å². The molecule has 20 heavy (non-hydrogen) atoms. The molecule has 1 atom stereocenters. The number of carbonyl (C=O) groups excluding carboxylic acids is 1. The number of carbonyl (C=O) groups is 1. The van der Waals surface area contributed by atoms with Crippen LogP contribution in [0.15, 0.2) is 0 Å². The molecule has 0 aliphatic rings. The maximum Gasteiger partial charge on any atom is 0.401 e. The highest BCUT2D eigenvalue weighted by atomic mass is 35.5. The molecule has 0 aliphatic carbocycles. The summed E-state index contributed by atoms with van der Waals surface area (Å²) in [5, 5.41) is 2.65. The molecule has 1 unspecified atom stereocenters. The minimum absolute atomic E-state index is 0. The number of nitrogens with one attached hydrogen (secondary N) is 1. The van der Waals surface area contributed by atoms with Gasteiger partial charge in [-0.3, -0.25) is 9.69 Å². The third kappa shape index (κ3) is 10.3. The highest BCUT2D eigenvalue weighted by molar-refractivity contribution is 5.85. The number of nitrogens with zero attached hydrogens (tertiary/aromatic N) is 1. The van der Waals surface area contributed by atoms with Gasteiger partial charge in [-0.2, -0.15) is 13.2 Å². The van der Waals surface area contributed by atoms with E-state index in [1.54, 1.807) is 6.92 Å². The number of alkyl halides is 3. The summed E-state index contributed by atoms with van der Waals surface area (Å²) in [5.74, 6) is -0.257. The van der Waals surface area contributed by atoms with Crippen LogP contribution in [0, 0.1) is 0 Å². The van der Waals surface area contributed by atoms with Gasteiger partial charge in [0, 0.05) is 6.54 Å². The van der Waals surface area contributed by atoms with E-state index in [-0.39, 0.29) is 24.9 Å². The first-order chi connectivity index (χ1) is 8.58. The van der Waals surface area contributed by atoms with Crippen LogP contribution in [0.4, 0.5) is 13.2 Å². The van der Waals surface area contributed by atoms with Crippen LogP contribution < -0.4 is 11.1 Å². The van der Waals surface area contributed by atoms with E-state index < -0.39 is 18.3 Å². The Kier molecular flexibility index (Phi) is 10.2. The Morgan fingerprint density at radius 1 is 1.35 bits per heavy atom. The average Bonchev–Trinajstić information content (AvgIpc) is 2.21. The molecule has 0 bridgehead atoms. The molecule has 1 amide bonds. The second-order valence-electron chi connectivity index (χ2n) is 5.13. The monoisotopic (exact) mass is 319 g/mol. The van der Waals surface area contributed by atoms with Crippen LogP contribution in [-0.4, -0.2) is 49.2 Å². The molecule has 8 heteroatoms. The third-order valence-corrected chi connectivity index (χ3v) is 2.74. The summed E-state index contributed by atoms with van der Waals surface area (Å²) >= 11 is 0. The molecular formula is C12H25ClF3N3O. The lowest BCUT2D eigenvalue weighted by Gasteiger charge is -2.23. The summed E-state index contributed by atoms with van der Waals surface area (Å²) in [6, 6.07) is 0. The largest absolute Gasteiger partial charge is 0.401 e. The van der Waals surface area contributed by atoms with Crippen molar-refractivity contribution in [3.8, 4) is 0 Å². The Morgan fingerprint density at radius 3 is 2.35 bits per heavy atom. The van der Waals surface area contributed by atoms with Crippen molar-refractivity contribution in [3.63, 3.8) is 0 Å². The molecule has 0 fully saturated rings. The van der Waals surface area contributed by atoms with Crippen LogP contribution in [0.1, 0.15) is 33.1 Å². The highest BCUT2D eigenvalue weighted by Crippen LogP contribution is 2.15. The highest BCUT2D eigenvalue weighted by Gasteiger charge is 2.29. The lowest BCUT2D eigenvalue weighted by atomic mass is 9.96. The minimum Gasteiger partial charge on any atom is -0.354 e. The van der Waals surface area contributed by atoms with E-state index in [0.717, 1.165) is 6.42 Å². The lowest BCUT2D eigenvalue weighted by molar-refractivity contribution is -0.143. The van der Waals surface area contributed by atoms with Crippen LogP contribution in [0.2, 0.25) is 0 Å². The number of hydrogen-bond donors (Lipinski definition) is 2. The SMILES string of the molecule is CCCC(C)(N)C(=O)NCCCN(C)CC(F)(F)F.Cl. The van der Waals surface area contributed by atoms with Crippen LogP contribution in [0.3, 0.4) is 0 Å². The van der Waals surface area contributed by atoms with E-state index in [1.165, 1.54) is 11.9 Å². The van der Waals surface area contributed by atoms with Gasteiger partial charge in [-0.15, -0.1) is 12.4 Å². The summed E-state index contributed by atoms with van der Waals surface area (Å²) in [6.07, 6.45) is -2.35. The van der Waals surface area contributed by atoms with Gasteiger partial charge < -0.3 is 11.1 Å². The Labute approximate surface area is 124 Å². The quantitative estimate of drug-likeness (QED) is 0.672. The van der Waals surface area contributed by atoms with E-state index in [2.05, 4.69) is 5.32 Å². The zero-order chi connectivity index (χ0) is 15.1.